The van der Waals surface area contributed by atoms with Crippen molar-refractivity contribution in [2.24, 2.45) is 0 Å². The zero-order valence-electron chi connectivity index (χ0n) is 15.0. The maximum absolute atomic E-state index is 12.6. The molecule has 0 spiro atoms. The first-order chi connectivity index (χ1) is 13.8. The van der Waals surface area contributed by atoms with E-state index in [1.165, 1.54) is 0 Å². The van der Waals surface area contributed by atoms with Crippen LogP contribution < -0.4 is 10.6 Å². The predicted octanol–water partition coefficient (Wildman–Crippen LogP) is 2.77. The van der Waals surface area contributed by atoms with E-state index >= 15 is 0 Å². The van der Waals surface area contributed by atoms with Crippen LogP contribution in [0.3, 0.4) is 0 Å². The van der Waals surface area contributed by atoms with Gasteiger partial charge in [-0.25, -0.2) is 0 Å². The zero-order chi connectivity index (χ0) is 18.9. The molecule has 8 nitrogen and oxygen atoms in total. The van der Waals surface area contributed by atoms with Gasteiger partial charge in [-0.05, 0) is 48.2 Å². The molecule has 3 N–H and O–H groups in total. The Bertz CT molecular complexity index is 1170. The summed E-state index contributed by atoms with van der Waals surface area (Å²) in [6.07, 6.45) is 4.21. The minimum atomic E-state index is -0.177. The van der Waals surface area contributed by atoms with Crippen LogP contribution in [0.5, 0.6) is 0 Å². The molecular weight excluding hydrogens is 356 g/mol. The van der Waals surface area contributed by atoms with Crippen LogP contribution in [-0.4, -0.2) is 45.3 Å². The van der Waals surface area contributed by atoms with Crippen LogP contribution in [0.1, 0.15) is 16.9 Å². The molecule has 1 fully saturated rings. The van der Waals surface area contributed by atoms with E-state index in [2.05, 4.69) is 30.8 Å². The Balaban J connectivity index is 1.44. The number of H-pyrrole nitrogens is 1. The molecule has 8 heteroatoms. The number of nitrogens with one attached hydrogen (secondary N) is 3. The summed E-state index contributed by atoms with van der Waals surface area (Å²) in [4.78, 5) is 21.3. The highest BCUT2D eigenvalue weighted by Crippen LogP contribution is 2.26. The number of anilines is 2. The summed E-state index contributed by atoms with van der Waals surface area (Å²) in [5.74, 6) is 0.479. The summed E-state index contributed by atoms with van der Waals surface area (Å²) in [6, 6.07) is 11.5. The molecule has 1 saturated heterocycles. The van der Waals surface area contributed by atoms with Gasteiger partial charge in [-0.3, -0.25) is 19.9 Å². The molecular formula is C20H18N6O2. The lowest BCUT2D eigenvalue weighted by Crippen LogP contribution is -2.35. The third-order valence-electron chi connectivity index (χ3n) is 4.83. The average molecular weight is 374 g/mol. The summed E-state index contributed by atoms with van der Waals surface area (Å²) >= 11 is 0. The standard InChI is InChI=1S/C20H18N6O2/c27-20(24-14-6-9-28-11-14)17-15-4-3-13(10-12(15)5-8-22-17)23-19-18-16(25-26-19)2-1-7-21-18/h1-5,7-8,10,14H,6,9,11H2,(H,24,27)(H2,23,25,26). The maximum atomic E-state index is 12.6. The van der Waals surface area contributed by atoms with Gasteiger partial charge in [0.15, 0.2) is 5.82 Å². The Morgan fingerprint density at radius 2 is 2.14 bits per heavy atom. The highest BCUT2D eigenvalue weighted by Gasteiger charge is 2.20. The van der Waals surface area contributed by atoms with Crippen molar-refractivity contribution in [1.82, 2.24) is 25.5 Å². The molecule has 1 amide bonds. The first kappa shape index (κ1) is 16.6. The van der Waals surface area contributed by atoms with E-state index in [1.807, 2.05) is 36.4 Å². The highest BCUT2D eigenvalue weighted by atomic mass is 16.5. The Kier molecular flexibility index (Phi) is 4.10. The monoisotopic (exact) mass is 374 g/mol. The Hall–Kier alpha value is -3.52. The number of benzene rings is 1. The van der Waals surface area contributed by atoms with Crippen LogP contribution in [0.2, 0.25) is 0 Å². The van der Waals surface area contributed by atoms with Crippen molar-refractivity contribution in [3.05, 3.63) is 54.5 Å². The number of carbonyl (C=O) groups excluding carboxylic acids is 1. The molecule has 140 valence electrons. The smallest absolute Gasteiger partial charge is 0.270 e. The van der Waals surface area contributed by atoms with Crippen molar-refractivity contribution in [1.29, 1.82) is 0 Å². The van der Waals surface area contributed by atoms with E-state index in [9.17, 15) is 4.79 Å². The number of carbonyl (C=O) groups is 1. The zero-order valence-corrected chi connectivity index (χ0v) is 15.0. The number of amides is 1. The van der Waals surface area contributed by atoms with Crippen LogP contribution in [0.4, 0.5) is 11.5 Å². The van der Waals surface area contributed by atoms with Crippen molar-refractivity contribution in [3.63, 3.8) is 0 Å². The van der Waals surface area contributed by atoms with Crippen LogP contribution in [0, 0.1) is 0 Å². The van der Waals surface area contributed by atoms with E-state index in [0.29, 0.717) is 24.7 Å². The van der Waals surface area contributed by atoms with Gasteiger partial charge in [-0.1, -0.05) is 0 Å². The first-order valence-electron chi connectivity index (χ1n) is 9.11. The molecule has 0 bridgehead atoms. The first-order valence-corrected chi connectivity index (χ1v) is 9.11. The Labute approximate surface area is 160 Å². The predicted molar refractivity (Wildman–Crippen MR) is 106 cm³/mol. The van der Waals surface area contributed by atoms with Gasteiger partial charge in [0.25, 0.3) is 5.91 Å². The largest absolute Gasteiger partial charge is 0.379 e. The fourth-order valence-corrected chi connectivity index (χ4v) is 3.42. The molecule has 0 saturated carbocycles. The van der Waals surface area contributed by atoms with Crippen LogP contribution in [0.15, 0.2) is 48.8 Å². The number of pyridine rings is 2. The van der Waals surface area contributed by atoms with E-state index in [-0.39, 0.29) is 11.9 Å². The van der Waals surface area contributed by atoms with Crippen LogP contribution >= 0.6 is 0 Å². The van der Waals surface area contributed by atoms with E-state index in [0.717, 1.165) is 33.9 Å². The molecule has 1 aliphatic rings. The number of ether oxygens (including phenoxy) is 1. The van der Waals surface area contributed by atoms with Gasteiger partial charge in [0, 0.05) is 30.1 Å². The topological polar surface area (TPSA) is 105 Å². The lowest BCUT2D eigenvalue weighted by molar-refractivity contribution is 0.0927. The molecule has 4 heterocycles. The summed E-state index contributed by atoms with van der Waals surface area (Å²) in [6.45, 7) is 1.23. The van der Waals surface area contributed by atoms with E-state index < -0.39 is 0 Å². The van der Waals surface area contributed by atoms with E-state index in [1.54, 1.807) is 12.4 Å². The van der Waals surface area contributed by atoms with Crippen molar-refractivity contribution in [2.75, 3.05) is 18.5 Å². The van der Waals surface area contributed by atoms with Crippen LogP contribution in [0.25, 0.3) is 21.8 Å². The summed E-state index contributed by atoms with van der Waals surface area (Å²) < 4.78 is 5.32. The highest BCUT2D eigenvalue weighted by molar-refractivity contribution is 6.06. The number of hydrogen-bond donors (Lipinski definition) is 3. The molecule has 1 atom stereocenters. The number of fused-ring (bicyclic) bond motifs is 2. The van der Waals surface area contributed by atoms with Gasteiger partial charge >= 0.3 is 0 Å². The third-order valence-corrected chi connectivity index (χ3v) is 4.83. The van der Waals surface area contributed by atoms with Crippen molar-refractivity contribution >= 4 is 39.2 Å². The van der Waals surface area contributed by atoms with Gasteiger partial charge in [0.1, 0.15) is 11.2 Å². The number of nitrogens with zero attached hydrogens (tertiary/aromatic N) is 3. The lowest BCUT2D eigenvalue weighted by atomic mass is 10.1. The molecule has 3 aromatic heterocycles. The third kappa shape index (κ3) is 3.03. The van der Waals surface area contributed by atoms with Gasteiger partial charge < -0.3 is 15.4 Å². The second-order valence-corrected chi connectivity index (χ2v) is 6.73. The number of aromatic nitrogens is 4. The summed E-state index contributed by atoms with van der Waals surface area (Å²) in [5.41, 5.74) is 2.91. The molecule has 4 aromatic rings. The van der Waals surface area contributed by atoms with Crippen molar-refractivity contribution in [3.8, 4) is 0 Å². The Morgan fingerprint density at radius 1 is 1.18 bits per heavy atom. The normalized spacial score (nSPS) is 16.5. The molecule has 5 rings (SSSR count). The van der Waals surface area contributed by atoms with E-state index in [4.69, 9.17) is 4.74 Å². The fraction of sp³-hybridized carbons (Fsp3) is 0.200. The summed E-state index contributed by atoms with van der Waals surface area (Å²) in [5, 5.41) is 15.2. The maximum Gasteiger partial charge on any atom is 0.270 e. The number of hydrogen-bond acceptors (Lipinski definition) is 6. The van der Waals surface area contributed by atoms with Gasteiger partial charge in [-0.2, -0.15) is 5.10 Å². The van der Waals surface area contributed by atoms with Gasteiger partial charge in [-0.15, -0.1) is 0 Å². The second kappa shape index (κ2) is 6.90. The van der Waals surface area contributed by atoms with Crippen molar-refractivity contribution in [2.45, 2.75) is 12.5 Å². The fourth-order valence-electron chi connectivity index (χ4n) is 3.42. The van der Waals surface area contributed by atoms with Gasteiger partial charge in [0.2, 0.25) is 0 Å². The lowest BCUT2D eigenvalue weighted by Gasteiger charge is -2.12. The summed E-state index contributed by atoms with van der Waals surface area (Å²) in [7, 11) is 0. The minimum Gasteiger partial charge on any atom is -0.379 e. The van der Waals surface area contributed by atoms with Gasteiger partial charge in [0.05, 0.1) is 18.2 Å². The average Bonchev–Trinajstić information content (AvgIpc) is 3.38. The SMILES string of the molecule is O=C(NC1CCOC1)c1nccc2cc(Nc3n[nH]c4cccnc34)ccc12. The molecule has 0 aliphatic carbocycles. The number of rotatable bonds is 4. The number of aromatic amines is 1. The molecule has 0 radical (unpaired) electrons. The molecule has 28 heavy (non-hydrogen) atoms. The molecule has 1 aliphatic heterocycles. The van der Waals surface area contributed by atoms with Crippen LogP contribution in [-0.2, 0) is 4.74 Å². The Morgan fingerprint density at radius 3 is 3.04 bits per heavy atom. The molecule has 1 unspecified atom stereocenters. The minimum absolute atomic E-state index is 0.0472. The second-order valence-electron chi connectivity index (χ2n) is 6.73. The van der Waals surface area contributed by atoms with Crippen molar-refractivity contribution < 1.29 is 9.53 Å². The quantitative estimate of drug-likeness (QED) is 0.507. The molecule has 1 aromatic carbocycles.